The molecule has 2 atom stereocenters. The van der Waals surface area contributed by atoms with E-state index in [9.17, 15) is 36.2 Å². The largest absolute Gasteiger partial charge is 0.461 e. The summed E-state index contributed by atoms with van der Waals surface area (Å²) in [5.74, 6) is -1.52. The van der Waals surface area contributed by atoms with Gasteiger partial charge >= 0.3 is 18.3 Å². The van der Waals surface area contributed by atoms with Crippen LogP contribution in [0.5, 0.6) is 0 Å². The van der Waals surface area contributed by atoms with Crippen molar-refractivity contribution in [1.82, 2.24) is 0 Å². The Morgan fingerprint density at radius 2 is 1.58 bits per heavy atom. The quantitative estimate of drug-likeness (QED) is 0.230. The van der Waals surface area contributed by atoms with Gasteiger partial charge in [-0.25, -0.2) is 0 Å². The molecule has 0 bridgehead atoms. The third-order valence-corrected chi connectivity index (χ3v) is 6.16. The number of hydrogen-bond acceptors (Lipinski definition) is 3. The van der Waals surface area contributed by atoms with Crippen molar-refractivity contribution >= 4 is 28.6 Å². The highest BCUT2D eigenvalue weighted by Gasteiger charge is 2.71. The zero-order chi connectivity index (χ0) is 20.4. The third kappa shape index (κ3) is 5.39. The van der Waals surface area contributed by atoms with Crippen LogP contribution in [0.15, 0.2) is 0 Å². The van der Waals surface area contributed by atoms with Crippen molar-refractivity contribution in [3.63, 3.8) is 0 Å². The van der Waals surface area contributed by atoms with Crippen LogP contribution in [0.4, 0.5) is 26.3 Å². The number of esters is 1. The van der Waals surface area contributed by atoms with Crippen molar-refractivity contribution in [2.45, 2.75) is 86.3 Å². The van der Waals surface area contributed by atoms with Crippen LogP contribution in [0, 0.1) is 5.92 Å². The normalized spacial score (nSPS) is 21.2. The summed E-state index contributed by atoms with van der Waals surface area (Å²) in [5, 5.41) is 9.52. The highest BCUT2D eigenvalue weighted by atomic mass is 127. The average Bonchev–Trinajstić information content (AvgIpc) is 2.52. The molecule has 0 spiro atoms. The maximum absolute atomic E-state index is 13.1. The van der Waals surface area contributed by atoms with Crippen LogP contribution in [0.3, 0.4) is 0 Å². The lowest BCUT2D eigenvalue weighted by molar-refractivity contribution is -0.375. The predicted molar refractivity (Wildman–Crippen MR) is 90.8 cm³/mol. The van der Waals surface area contributed by atoms with Crippen LogP contribution >= 0.6 is 22.6 Å². The molecule has 3 nitrogen and oxygen atoms in total. The van der Waals surface area contributed by atoms with Gasteiger partial charge in [-0.2, -0.15) is 26.3 Å². The number of ether oxygens (including phenoxy) is 1. The molecule has 0 aromatic heterocycles. The monoisotopic (exact) mass is 504 g/mol. The molecule has 1 fully saturated rings. The first-order valence-corrected chi connectivity index (χ1v) is 9.49. The molecule has 154 valence electrons. The van der Waals surface area contributed by atoms with Gasteiger partial charge in [0.25, 0.3) is 5.60 Å². The van der Waals surface area contributed by atoms with E-state index in [0.717, 1.165) is 6.42 Å². The van der Waals surface area contributed by atoms with Gasteiger partial charge in [0.1, 0.15) is 9.53 Å². The zero-order valence-corrected chi connectivity index (χ0v) is 16.7. The Kier molecular flexibility index (Phi) is 7.68. The molecule has 10 heteroatoms. The van der Waals surface area contributed by atoms with Gasteiger partial charge in [0.2, 0.25) is 0 Å². The molecule has 0 amide bonds. The molecule has 0 heterocycles. The molecule has 0 radical (unpaired) electrons. The van der Waals surface area contributed by atoms with E-state index in [2.05, 4.69) is 0 Å². The molecule has 1 aliphatic carbocycles. The molecule has 2 unspecified atom stereocenters. The Hall–Kier alpha value is -0.260. The van der Waals surface area contributed by atoms with Crippen LogP contribution in [0.1, 0.15) is 58.8 Å². The van der Waals surface area contributed by atoms with E-state index >= 15 is 0 Å². The summed E-state index contributed by atoms with van der Waals surface area (Å²) in [5.41, 5.74) is -4.92. The smallest absolute Gasteiger partial charge is 0.426 e. The first-order valence-electron chi connectivity index (χ1n) is 8.41. The number of carbonyl (C=O) groups is 1. The summed E-state index contributed by atoms with van der Waals surface area (Å²) in [6, 6.07) is 0. The van der Waals surface area contributed by atoms with E-state index in [0.29, 0.717) is 32.1 Å². The highest BCUT2D eigenvalue weighted by Crippen LogP contribution is 2.48. The van der Waals surface area contributed by atoms with Crippen molar-refractivity contribution in [3.05, 3.63) is 0 Å². The van der Waals surface area contributed by atoms with Crippen molar-refractivity contribution in [1.29, 1.82) is 0 Å². The molecule has 0 saturated heterocycles. The van der Waals surface area contributed by atoms with Gasteiger partial charge in [-0.15, -0.1) is 0 Å². The lowest BCUT2D eigenvalue weighted by Gasteiger charge is -2.39. The average molecular weight is 504 g/mol. The fourth-order valence-electron chi connectivity index (χ4n) is 2.90. The van der Waals surface area contributed by atoms with Gasteiger partial charge in [-0.3, -0.25) is 4.79 Å². The van der Waals surface area contributed by atoms with E-state index < -0.39 is 45.8 Å². The second-order valence-corrected chi connectivity index (χ2v) is 9.33. The molecular weight excluding hydrogens is 481 g/mol. The van der Waals surface area contributed by atoms with E-state index in [1.807, 2.05) is 0 Å². The molecule has 0 aliphatic heterocycles. The Balaban J connectivity index is 3.17. The number of rotatable bonds is 6. The molecule has 1 aliphatic rings. The Labute approximate surface area is 162 Å². The second kappa shape index (κ2) is 8.40. The van der Waals surface area contributed by atoms with Gasteiger partial charge in [-0.05, 0) is 32.1 Å². The summed E-state index contributed by atoms with van der Waals surface area (Å²) < 4.78 is 82.4. The van der Waals surface area contributed by atoms with Crippen LogP contribution in [-0.2, 0) is 9.53 Å². The Morgan fingerprint density at radius 3 is 1.96 bits per heavy atom. The minimum atomic E-state index is -5.93. The fourth-order valence-corrected chi connectivity index (χ4v) is 3.03. The van der Waals surface area contributed by atoms with Gasteiger partial charge in [0.05, 0.1) is 0 Å². The third-order valence-electron chi connectivity index (χ3n) is 4.96. The summed E-state index contributed by atoms with van der Waals surface area (Å²) in [6.07, 6.45) is -12.2. The molecule has 26 heavy (non-hydrogen) atoms. The van der Waals surface area contributed by atoms with Gasteiger partial charge in [0.15, 0.2) is 0 Å². The second-order valence-electron chi connectivity index (χ2n) is 6.95. The first-order chi connectivity index (χ1) is 11.7. The first kappa shape index (κ1) is 23.8. The predicted octanol–water partition coefficient (Wildman–Crippen LogP) is 5.33. The van der Waals surface area contributed by atoms with Crippen molar-refractivity contribution in [3.8, 4) is 0 Å². The molecule has 1 saturated carbocycles. The summed E-state index contributed by atoms with van der Waals surface area (Å²) in [6.45, 7) is 3.15. The SMILES string of the molecule is CCC(C)(I)C(=O)OC(CC(O)(C(F)(F)F)C(F)(F)F)C1CCCCC1. The lowest BCUT2D eigenvalue weighted by Crippen LogP contribution is -2.59. The number of alkyl halides is 7. The van der Waals surface area contributed by atoms with E-state index in [-0.39, 0.29) is 0 Å². The Morgan fingerprint density at radius 1 is 1.12 bits per heavy atom. The van der Waals surface area contributed by atoms with Crippen LogP contribution in [0.2, 0.25) is 0 Å². The van der Waals surface area contributed by atoms with Crippen molar-refractivity contribution < 1.29 is 41.0 Å². The molecule has 1 N–H and O–H groups in total. The van der Waals surface area contributed by atoms with Crippen LogP contribution in [-0.4, -0.2) is 38.6 Å². The van der Waals surface area contributed by atoms with Crippen molar-refractivity contribution in [2.75, 3.05) is 0 Å². The topological polar surface area (TPSA) is 46.5 Å². The molecule has 1 rings (SSSR count). The number of halogens is 7. The summed E-state index contributed by atoms with van der Waals surface area (Å²) in [4.78, 5) is 12.3. The summed E-state index contributed by atoms with van der Waals surface area (Å²) >= 11 is 1.76. The van der Waals surface area contributed by atoms with Crippen LogP contribution < -0.4 is 0 Å². The van der Waals surface area contributed by atoms with Gasteiger partial charge in [0, 0.05) is 6.42 Å². The van der Waals surface area contributed by atoms with Gasteiger partial charge < -0.3 is 9.84 Å². The minimum absolute atomic E-state index is 0.298. The standard InChI is InChI=1S/C16H23F6IO3/c1-3-13(2,23)12(24)26-11(10-7-5-4-6-8-10)9-14(25,15(17,18)19)16(20,21)22/h10-11,25H,3-9H2,1-2H3. The van der Waals surface area contributed by atoms with Gasteiger partial charge in [-0.1, -0.05) is 48.8 Å². The maximum Gasteiger partial charge on any atom is 0.426 e. The minimum Gasteiger partial charge on any atom is -0.461 e. The van der Waals surface area contributed by atoms with E-state index in [4.69, 9.17) is 4.74 Å². The zero-order valence-electron chi connectivity index (χ0n) is 14.5. The summed E-state index contributed by atoms with van der Waals surface area (Å²) in [7, 11) is 0. The lowest BCUT2D eigenvalue weighted by atomic mass is 9.80. The van der Waals surface area contributed by atoms with Crippen molar-refractivity contribution in [2.24, 2.45) is 5.92 Å². The molecular formula is C16H23F6IO3. The van der Waals surface area contributed by atoms with E-state index in [1.54, 1.807) is 29.5 Å². The number of hydrogen-bond donors (Lipinski definition) is 1. The van der Waals surface area contributed by atoms with E-state index in [1.165, 1.54) is 6.92 Å². The molecule has 0 aromatic rings. The van der Waals surface area contributed by atoms with Crippen LogP contribution in [0.25, 0.3) is 0 Å². The number of aliphatic hydroxyl groups is 1. The fraction of sp³-hybridized carbons (Fsp3) is 0.938. The highest BCUT2D eigenvalue weighted by molar-refractivity contribution is 14.1. The Bertz CT molecular complexity index is 469. The number of carbonyl (C=O) groups excluding carboxylic acids is 1. The maximum atomic E-state index is 13.1. The molecule has 0 aromatic carbocycles.